The quantitative estimate of drug-likeness (QED) is 0.907. The van der Waals surface area contributed by atoms with Gasteiger partial charge in [-0.3, -0.25) is 0 Å². The zero-order valence-corrected chi connectivity index (χ0v) is 12.7. The highest BCUT2D eigenvalue weighted by Gasteiger charge is 2.29. The smallest absolute Gasteiger partial charge is 0.223 e. The van der Waals surface area contributed by atoms with Gasteiger partial charge in [0.2, 0.25) is 5.89 Å². The molecule has 0 aromatic carbocycles. The highest BCUT2D eigenvalue weighted by Crippen LogP contribution is 2.39. The Morgan fingerprint density at radius 2 is 1.89 bits per heavy atom. The number of aryl methyl sites for hydroxylation is 1. The molecule has 0 unspecified atom stereocenters. The molecule has 1 aliphatic rings. The van der Waals surface area contributed by atoms with Crippen LogP contribution in [0, 0.1) is 24.2 Å². The lowest BCUT2D eigenvalue weighted by Gasteiger charge is -2.37. The van der Waals surface area contributed by atoms with E-state index in [0.717, 1.165) is 30.7 Å². The molecule has 1 heterocycles. The monoisotopic (exact) mass is 265 g/mol. The van der Waals surface area contributed by atoms with E-state index in [2.05, 4.69) is 36.2 Å². The molecule has 0 radical (unpaired) electrons. The van der Waals surface area contributed by atoms with E-state index in [4.69, 9.17) is 4.52 Å². The number of aromatic nitrogens is 2. The predicted octanol–water partition coefficient (Wildman–Crippen LogP) is 3.32. The van der Waals surface area contributed by atoms with E-state index in [1.54, 1.807) is 0 Å². The molecule has 4 nitrogen and oxygen atoms in total. The van der Waals surface area contributed by atoms with Crippen molar-refractivity contribution in [1.82, 2.24) is 15.5 Å². The summed E-state index contributed by atoms with van der Waals surface area (Å²) >= 11 is 0. The van der Waals surface area contributed by atoms with Gasteiger partial charge in [0.05, 0.1) is 6.54 Å². The first-order chi connectivity index (χ1) is 8.95. The standard InChI is InChI=1S/C15H27N3O/c1-11-17-14(18-19-11)10-16-9-12-5-7-13(8-6-12)15(2,3)4/h12-13,16H,5-10H2,1-4H3. The summed E-state index contributed by atoms with van der Waals surface area (Å²) in [6.45, 7) is 10.7. The largest absolute Gasteiger partial charge is 0.340 e. The Labute approximate surface area is 116 Å². The number of hydrogen-bond acceptors (Lipinski definition) is 4. The van der Waals surface area contributed by atoms with Crippen molar-refractivity contribution in [3.63, 3.8) is 0 Å². The van der Waals surface area contributed by atoms with Gasteiger partial charge in [0.1, 0.15) is 0 Å². The van der Waals surface area contributed by atoms with E-state index < -0.39 is 0 Å². The predicted molar refractivity (Wildman–Crippen MR) is 75.6 cm³/mol. The average molecular weight is 265 g/mol. The van der Waals surface area contributed by atoms with Crippen LogP contribution in [0.15, 0.2) is 4.52 Å². The van der Waals surface area contributed by atoms with E-state index in [-0.39, 0.29) is 0 Å². The molecule has 1 aromatic rings. The van der Waals surface area contributed by atoms with E-state index in [0.29, 0.717) is 11.3 Å². The number of hydrogen-bond donors (Lipinski definition) is 1. The van der Waals surface area contributed by atoms with E-state index in [1.165, 1.54) is 25.7 Å². The second-order valence-corrected chi connectivity index (χ2v) is 6.94. The van der Waals surface area contributed by atoms with Crippen molar-refractivity contribution in [2.45, 2.75) is 59.9 Å². The summed E-state index contributed by atoms with van der Waals surface area (Å²) in [4.78, 5) is 4.20. The first-order valence-electron chi connectivity index (χ1n) is 7.45. The topological polar surface area (TPSA) is 51.0 Å². The molecule has 0 bridgehead atoms. The van der Waals surface area contributed by atoms with Crippen LogP contribution >= 0.6 is 0 Å². The minimum Gasteiger partial charge on any atom is -0.340 e. The Morgan fingerprint density at radius 1 is 1.21 bits per heavy atom. The molecule has 1 saturated carbocycles. The molecule has 0 saturated heterocycles. The number of rotatable bonds is 4. The molecule has 108 valence electrons. The fourth-order valence-corrected chi connectivity index (χ4v) is 3.03. The molecule has 2 rings (SSSR count). The van der Waals surface area contributed by atoms with E-state index >= 15 is 0 Å². The van der Waals surface area contributed by atoms with Gasteiger partial charge in [0.15, 0.2) is 5.82 Å². The SMILES string of the molecule is Cc1nc(CNCC2CCC(C(C)(C)C)CC2)no1. The summed E-state index contributed by atoms with van der Waals surface area (Å²) < 4.78 is 4.96. The van der Waals surface area contributed by atoms with Crippen molar-refractivity contribution < 1.29 is 4.52 Å². The molecule has 0 spiro atoms. The van der Waals surface area contributed by atoms with Crippen molar-refractivity contribution >= 4 is 0 Å². The van der Waals surface area contributed by atoms with Crippen LogP contribution in [0.1, 0.15) is 58.2 Å². The average Bonchev–Trinajstić information content (AvgIpc) is 2.75. The maximum atomic E-state index is 4.96. The van der Waals surface area contributed by atoms with Gasteiger partial charge in [-0.1, -0.05) is 25.9 Å². The summed E-state index contributed by atoms with van der Waals surface area (Å²) in [5.41, 5.74) is 0.473. The summed E-state index contributed by atoms with van der Waals surface area (Å²) in [6.07, 6.45) is 5.44. The Kier molecular flexibility index (Phi) is 4.61. The molecule has 0 atom stereocenters. The van der Waals surface area contributed by atoms with Crippen molar-refractivity contribution in [3.05, 3.63) is 11.7 Å². The summed E-state index contributed by atoms with van der Waals surface area (Å²) in [5, 5.41) is 7.35. The van der Waals surface area contributed by atoms with Crippen molar-refractivity contribution in [2.75, 3.05) is 6.54 Å². The highest BCUT2D eigenvalue weighted by atomic mass is 16.5. The van der Waals surface area contributed by atoms with Gasteiger partial charge in [-0.05, 0) is 49.5 Å². The molecule has 1 aliphatic carbocycles. The first kappa shape index (κ1) is 14.5. The summed E-state index contributed by atoms with van der Waals surface area (Å²) in [7, 11) is 0. The minimum atomic E-state index is 0.473. The van der Waals surface area contributed by atoms with E-state index in [1.807, 2.05) is 6.92 Å². The van der Waals surface area contributed by atoms with Gasteiger partial charge < -0.3 is 9.84 Å². The van der Waals surface area contributed by atoms with Gasteiger partial charge in [-0.2, -0.15) is 4.98 Å². The molecule has 1 fully saturated rings. The lowest BCUT2D eigenvalue weighted by Crippen LogP contribution is -2.30. The van der Waals surface area contributed by atoms with Crippen molar-refractivity contribution in [2.24, 2.45) is 17.3 Å². The maximum Gasteiger partial charge on any atom is 0.223 e. The minimum absolute atomic E-state index is 0.473. The van der Waals surface area contributed by atoms with Crippen molar-refractivity contribution in [3.8, 4) is 0 Å². The molecule has 1 N–H and O–H groups in total. The van der Waals surface area contributed by atoms with Crippen LogP contribution < -0.4 is 5.32 Å². The molecule has 4 heteroatoms. The molecule has 19 heavy (non-hydrogen) atoms. The third-order valence-corrected chi connectivity index (χ3v) is 4.36. The fourth-order valence-electron chi connectivity index (χ4n) is 3.03. The lowest BCUT2D eigenvalue weighted by molar-refractivity contribution is 0.149. The van der Waals surface area contributed by atoms with Crippen LogP contribution in [0.3, 0.4) is 0 Å². The third-order valence-electron chi connectivity index (χ3n) is 4.36. The molecule has 0 aliphatic heterocycles. The Morgan fingerprint density at radius 3 is 2.42 bits per heavy atom. The second-order valence-electron chi connectivity index (χ2n) is 6.94. The van der Waals surface area contributed by atoms with Gasteiger partial charge in [-0.25, -0.2) is 0 Å². The normalized spacial score (nSPS) is 24.6. The van der Waals surface area contributed by atoms with Crippen molar-refractivity contribution in [1.29, 1.82) is 0 Å². The van der Waals surface area contributed by atoms with Gasteiger partial charge in [0, 0.05) is 6.92 Å². The Hall–Kier alpha value is -0.900. The van der Waals surface area contributed by atoms with Crippen LogP contribution in [-0.4, -0.2) is 16.7 Å². The Bertz CT molecular complexity index is 386. The second kappa shape index (κ2) is 6.04. The summed E-state index contributed by atoms with van der Waals surface area (Å²) in [5.74, 6) is 3.11. The molecular formula is C15H27N3O. The lowest BCUT2D eigenvalue weighted by atomic mass is 9.70. The zero-order valence-electron chi connectivity index (χ0n) is 12.7. The third kappa shape index (κ3) is 4.30. The van der Waals surface area contributed by atoms with Crippen LogP contribution in [0.2, 0.25) is 0 Å². The zero-order chi connectivity index (χ0) is 13.9. The molecular weight excluding hydrogens is 238 g/mol. The fraction of sp³-hybridized carbons (Fsp3) is 0.867. The first-order valence-corrected chi connectivity index (χ1v) is 7.45. The number of nitrogens with one attached hydrogen (secondary N) is 1. The van der Waals surface area contributed by atoms with Crippen LogP contribution in [0.4, 0.5) is 0 Å². The van der Waals surface area contributed by atoms with Gasteiger partial charge in [0.25, 0.3) is 0 Å². The van der Waals surface area contributed by atoms with Gasteiger partial charge >= 0.3 is 0 Å². The van der Waals surface area contributed by atoms with Crippen LogP contribution in [0.25, 0.3) is 0 Å². The van der Waals surface area contributed by atoms with Crippen LogP contribution in [0.5, 0.6) is 0 Å². The van der Waals surface area contributed by atoms with Crippen LogP contribution in [-0.2, 0) is 6.54 Å². The summed E-state index contributed by atoms with van der Waals surface area (Å²) in [6, 6.07) is 0. The maximum absolute atomic E-state index is 4.96. The Balaban J connectivity index is 1.66. The van der Waals surface area contributed by atoms with E-state index in [9.17, 15) is 0 Å². The molecule has 1 aromatic heterocycles. The van der Waals surface area contributed by atoms with Gasteiger partial charge in [-0.15, -0.1) is 0 Å². The molecule has 0 amide bonds. The highest BCUT2D eigenvalue weighted by molar-refractivity contribution is 4.84. The number of nitrogens with zero attached hydrogens (tertiary/aromatic N) is 2.